The molecule has 0 saturated heterocycles. The monoisotopic (exact) mass is 174 g/mol. The smallest absolute Gasteiger partial charge is 0.339 e. The lowest BCUT2D eigenvalue weighted by Gasteiger charge is -2.03. The van der Waals surface area contributed by atoms with E-state index >= 15 is 0 Å². The highest BCUT2D eigenvalue weighted by Gasteiger charge is 2.08. The Hall–Kier alpha value is -1.03. The van der Waals surface area contributed by atoms with E-state index in [4.69, 9.17) is 14.9 Å². The third kappa shape index (κ3) is 3.98. The van der Waals surface area contributed by atoms with Crippen molar-refractivity contribution in [1.82, 2.24) is 0 Å². The molecule has 0 fully saturated rings. The predicted octanol–water partition coefficient (Wildman–Crippen LogP) is 0.764. The number of ether oxygens (including phenoxy) is 1. The number of carbonyl (C=O) groups is 1. The zero-order valence-electron chi connectivity index (χ0n) is 7.12. The molecular weight excluding hydrogens is 160 g/mol. The van der Waals surface area contributed by atoms with Crippen LogP contribution in [-0.4, -0.2) is 29.4 Å². The largest absolute Gasteiger partial charge is 0.515 e. The van der Waals surface area contributed by atoms with Crippen LogP contribution in [0.3, 0.4) is 0 Å². The maximum Gasteiger partial charge on any atom is 0.339 e. The van der Waals surface area contributed by atoms with Crippen LogP contribution in [0.4, 0.5) is 0 Å². The minimum absolute atomic E-state index is 0.119. The summed E-state index contributed by atoms with van der Waals surface area (Å²) in [4.78, 5) is 10.9. The fraction of sp³-hybridized carbons (Fsp3) is 0.625. The standard InChI is InChI=1S/C8H14O4/c1-2-3-4-12-8(11)7(5-9)6-10/h5,9-10H,2-4,6H2,1H3. The molecule has 0 unspecified atom stereocenters. The van der Waals surface area contributed by atoms with Gasteiger partial charge in [0, 0.05) is 0 Å². The summed E-state index contributed by atoms with van der Waals surface area (Å²) in [7, 11) is 0. The Morgan fingerprint density at radius 2 is 2.25 bits per heavy atom. The molecule has 0 aromatic rings. The van der Waals surface area contributed by atoms with Crippen molar-refractivity contribution in [1.29, 1.82) is 0 Å². The van der Waals surface area contributed by atoms with Crippen LogP contribution in [0.5, 0.6) is 0 Å². The Labute approximate surface area is 71.5 Å². The third-order valence-corrected chi connectivity index (χ3v) is 1.32. The van der Waals surface area contributed by atoms with Crippen molar-refractivity contribution in [2.24, 2.45) is 0 Å². The first-order valence-electron chi connectivity index (χ1n) is 3.87. The van der Waals surface area contributed by atoms with E-state index < -0.39 is 12.6 Å². The zero-order valence-corrected chi connectivity index (χ0v) is 7.12. The highest BCUT2D eigenvalue weighted by Crippen LogP contribution is 1.97. The average Bonchev–Trinajstić information content (AvgIpc) is 2.07. The van der Waals surface area contributed by atoms with Gasteiger partial charge in [-0.3, -0.25) is 0 Å². The number of unbranched alkanes of at least 4 members (excludes halogenated alkanes) is 1. The summed E-state index contributed by atoms with van der Waals surface area (Å²) < 4.78 is 4.70. The van der Waals surface area contributed by atoms with Crippen LogP contribution >= 0.6 is 0 Å². The summed E-state index contributed by atoms with van der Waals surface area (Å²) in [6.45, 7) is 1.80. The second kappa shape index (κ2) is 6.67. The second-order valence-corrected chi connectivity index (χ2v) is 2.30. The van der Waals surface area contributed by atoms with E-state index in [2.05, 4.69) is 0 Å². The van der Waals surface area contributed by atoms with Gasteiger partial charge in [0.05, 0.1) is 25.0 Å². The van der Waals surface area contributed by atoms with Gasteiger partial charge in [0.2, 0.25) is 0 Å². The number of aliphatic hydroxyl groups excluding tert-OH is 2. The van der Waals surface area contributed by atoms with Crippen LogP contribution < -0.4 is 0 Å². The van der Waals surface area contributed by atoms with Gasteiger partial charge in [0.1, 0.15) is 0 Å². The Kier molecular flexibility index (Phi) is 6.09. The van der Waals surface area contributed by atoms with Crippen molar-refractivity contribution in [3.05, 3.63) is 11.8 Å². The first-order chi connectivity index (χ1) is 5.76. The molecule has 0 bridgehead atoms. The van der Waals surface area contributed by atoms with Crippen molar-refractivity contribution < 1.29 is 19.7 Å². The summed E-state index contributed by atoms with van der Waals surface area (Å²) in [5.74, 6) is -0.659. The average molecular weight is 174 g/mol. The Bertz CT molecular complexity index is 162. The summed E-state index contributed by atoms with van der Waals surface area (Å²) in [5.41, 5.74) is -0.119. The van der Waals surface area contributed by atoms with Crippen molar-refractivity contribution in [3.8, 4) is 0 Å². The number of rotatable bonds is 5. The number of hydrogen-bond acceptors (Lipinski definition) is 4. The molecule has 70 valence electrons. The van der Waals surface area contributed by atoms with E-state index in [9.17, 15) is 4.79 Å². The van der Waals surface area contributed by atoms with Crippen LogP contribution in [0.2, 0.25) is 0 Å². The number of carbonyl (C=O) groups excluding carboxylic acids is 1. The minimum Gasteiger partial charge on any atom is -0.515 e. The molecule has 0 aliphatic rings. The van der Waals surface area contributed by atoms with E-state index in [0.717, 1.165) is 12.8 Å². The van der Waals surface area contributed by atoms with Gasteiger partial charge in [-0.2, -0.15) is 0 Å². The molecule has 4 nitrogen and oxygen atoms in total. The van der Waals surface area contributed by atoms with Gasteiger partial charge in [0.25, 0.3) is 0 Å². The van der Waals surface area contributed by atoms with Crippen LogP contribution in [0.25, 0.3) is 0 Å². The summed E-state index contributed by atoms with van der Waals surface area (Å²) in [6.07, 6.45) is 2.29. The molecule has 0 spiro atoms. The molecule has 0 saturated carbocycles. The topological polar surface area (TPSA) is 66.8 Å². The molecule has 0 heterocycles. The van der Waals surface area contributed by atoms with E-state index in [1.807, 2.05) is 6.92 Å². The first-order valence-corrected chi connectivity index (χ1v) is 3.87. The molecule has 0 aliphatic carbocycles. The highest BCUT2D eigenvalue weighted by molar-refractivity contribution is 5.88. The molecule has 0 aliphatic heterocycles. The SMILES string of the molecule is CCCCOC(=O)C(=CO)CO. The van der Waals surface area contributed by atoms with Gasteiger partial charge < -0.3 is 14.9 Å². The van der Waals surface area contributed by atoms with E-state index in [0.29, 0.717) is 12.9 Å². The number of esters is 1. The van der Waals surface area contributed by atoms with Gasteiger partial charge >= 0.3 is 5.97 Å². The Balaban J connectivity index is 3.71. The van der Waals surface area contributed by atoms with Crippen molar-refractivity contribution in [2.75, 3.05) is 13.2 Å². The number of aliphatic hydroxyl groups is 2. The first kappa shape index (κ1) is 11.0. The van der Waals surface area contributed by atoms with Gasteiger partial charge in [-0.05, 0) is 6.42 Å². The van der Waals surface area contributed by atoms with Crippen molar-refractivity contribution in [3.63, 3.8) is 0 Å². The molecule has 0 aromatic carbocycles. The lowest BCUT2D eigenvalue weighted by atomic mass is 10.3. The van der Waals surface area contributed by atoms with Gasteiger partial charge in [-0.25, -0.2) is 4.79 Å². The molecule has 12 heavy (non-hydrogen) atoms. The maximum absolute atomic E-state index is 10.9. The summed E-state index contributed by atoms with van der Waals surface area (Å²) >= 11 is 0. The van der Waals surface area contributed by atoms with Crippen LogP contribution in [0.1, 0.15) is 19.8 Å². The highest BCUT2D eigenvalue weighted by atomic mass is 16.5. The van der Waals surface area contributed by atoms with Gasteiger partial charge in [-0.15, -0.1) is 0 Å². The molecule has 0 amide bonds. The molecule has 4 heteroatoms. The van der Waals surface area contributed by atoms with Crippen LogP contribution in [-0.2, 0) is 9.53 Å². The van der Waals surface area contributed by atoms with Crippen LogP contribution in [0, 0.1) is 0 Å². The number of hydrogen-bond donors (Lipinski definition) is 2. The molecular formula is C8H14O4. The van der Waals surface area contributed by atoms with E-state index in [1.54, 1.807) is 0 Å². The predicted molar refractivity (Wildman–Crippen MR) is 43.7 cm³/mol. The Morgan fingerprint density at radius 3 is 2.67 bits per heavy atom. The Morgan fingerprint density at radius 1 is 1.58 bits per heavy atom. The lowest BCUT2D eigenvalue weighted by Crippen LogP contribution is -2.11. The van der Waals surface area contributed by atoms with E-state index in [-0.39, 0.29) is 5.57 Å². The summed E-state index contributed by atoms with van der Waals surface area (Å²) in [5, 5.41) is 17.0. The molecule has 0 radical (unpaired) electrons. The van der Waals surface area contributed by atoms with E-state index in [1.165, 1.54) is 0 Å². The normalized spacial score (nSPS) is 11.3. The summed E-state index contributed by atoms with van der Waals surface area (Å²) in [6, 6.07) is 0. The molecule has 0 aromatic heterocycles. The van der Waals surface area contributed by atoms with Crippen molar-refractivity contribution in [2.45, 2.75) is 19.8 Å². The molecule has 0 atom stereocenters. The third-order valence-electron chi connectivity index (χ3n) is 1.32. The zero-order chi connectivity index (χ0) is 9.40. The van der Waals surface area contributed by atoms with Crippen LogP contribution in [0.15, 0.2) is 11.8 Å². The lowest BCUT2D eigenvalue weighted by molar-refractivity contribution is -0.139. The van der Waals surface area contributed by atoms with Gasteiger partial charge in [-0.1, -0.05) is 13.3 Å². The minimum atomic E-state index is -0.659. The van der Waals surface area contributed by atoms with Crippen molar-refractivity contribution >= 4 is 5.97 Å². The quantitative estimate of drug-likeness (QED) is 0.279. The van der Waals surface area contributed by atoms with Gasteiger partial charge in [0.15, 0.2) is 0 Å². The fourth-order valence-corrected chi connectivity index (χ4v) is 0.560. The molecule has 0 rings (SSSR count). The fourth-order valence-electron chi connectivity index (χ4n) is 0.560. The second-order valence-electron chi connectivity index (χ2n) is 2.30. The molecule has 2 N–H and O–H groups in total. The maximum atomic E-state index is 10.9.